The Hall–Kier alpha value is -3.94. The van der Waals surface area contributed by atoms with Crippen molar-refractivity contribution in [1.29, 1.82) is 0 Å². The molecule has 0 aliphatic carbocycles. The highest BCUT2D eigenvalue weighted by atomic mass is 16.5. The summed E-state index contributed by atoms with van der Waals surface area (Å²) < 4.78 is 7.98. The number of nitrogens with zero attached hydrogens (tertiary/aromatic N) is 4. The predicted molar refractivity (Wildman–Crippen MR) is 109 cm³/mol. The largest absolute Gasteiger partial charge is 0.494 e. The number of hydrogen-bond acceptors (Lipinski definition) is 5. The van der Waals surface area contributed by atoms with E-state index in [2.05, 4.69) is 15.5 Å². The van der Waals surface area contributed by atoms with Crippen LogP contribution in [0.2, 0.25) is 0 Å². The van der Waals surface area contributed by atoms with Gasteiger partial charge in [0.1, 0.15) is 24.1 Å². The van der Waals surface area contributed by atoms with Crippen LogP contribution in [0.3, 0.4) is 0 Å². The highest BCUT2D eigenvalue weighted by Crippen LogP contribution is 2.21. The minimum absolute atomic E-state index is 0.187. The van der Waals surface area contributed by atoms with Crippen molar-refractivity contribution in [2.45, 2.75) is 13.5 Å². The summed E-state index contributed by atoms with van der Waals surface area (Å²) in [6, 6.07) is 18.2. The molecule has 146 valence electrons. The van der Waals surface area contributed by atoms with E-state index >= 15 is 0 Å². The molecule has 2 aromatic heterocycles. The third-order valence-electron chi connectivity index (χ3n) is 4.30. The lowest BCUT2D eigenvalue weighted by Gasteiger charge is -2.06. The SMILES string of the molecule is CCOc1ccc(-c2cc3c(=O)n(CC(=O)Nc4ccccc4)ncn3n2)cc1. The van der Waals surface area contributed by atoms with Gasteiger partial charge in [-0.15, -0.1) is 0 Å². The van der Waals surface area contributed by atoms with E-state index in [1.165, 1.54) is 10.8 Å². The summed E-state index contributed by atoms with van der Waals surface area (Å²) in [5, 5.41) is 11.2. The lowest BCUT2D eigenvalue weighted by atomic mass is 10.1. The van der Waals surface area contributed by atoms with Gasteiger partial charge in [-0.25, -0.2) is 9.20 Å². The quantitative estimate of drug-likeness (QED) is 0.547. The first-order chi connectivity index (χ1) is 14.1. The highest BCUT2D eigenvalue weighted by Gasteiger charge is 2.12. The second-order valence-corrected chi connectivity index (χ2v) is 6.32. The van der Waals surface area contributed by atoms with Crippen LogP contribution >= 0.6 is 0 Å². The van der Waals surface area contributed by atoms with E-state index in [-0.39, 0.29) is 18.0 Å². The zero-order chi connectivity index (χ0) is 20.2. The number of nitrogens with one attached hydrogen (secondary N) is 1. The monoisotopic (exact) mass is 389 g/mol. The minimum Gasteiger partial charge on any atom is -0.494 e. The Bertz CT molecular complexity index is 1200. The number of amides is 1. The zero-order valence-electron chi connectivity index (χ0n) is 15.8. The molecule has 8 heteroatoms. The third-order valence-corrected chi connectivity index (χ3v) is 4.30. The van der Waals surface area contributed by atoms with E-state index < -0.39 is 0 Å². The number of aromatic nitrogens is 4. The summed E-state index contributed by atoms with van der Waals surface area (Å²) in [7, 11) is 0. The maximum atomic E-state index is 12.7. The number of ether oxygens (including phenoxy) is 1. The van der Waals surface area contributed by atoms with Crippen LogP contribution in [0.1, 0.15) is 6.92 Å². The van der Waals surface area contributed by atoms with Gasteiger partial charge < -0.3 is 10.1 Å². The van der Waals surface area contributed by atoms with Gasteiger partial charge in [0.05, 0.1) is 12.3 Å². The number of para-hydroxylation sites is 1. The lowest BCUT2D eigenvalue weighted by Crippen LogP contribution is -2.30. The molecule has 2 heterocycles. The molecule has 4 rings (SSSR count). The van der Waals surface area contributed by atoms with Crippen LogP contribution < -0.4 is 15.6 Å². The van der Waals surface area contributed by atoms with E-state index in [1.807, 2.05) is 49.4 Å². The van der Waals surface area contributed by atoms with E-state index in [1.54, 1.807) is 18.2 Å². The molecule has 1 amide bonds. The fourth-order valence-electron chi connectivity index (χ4n) is 2.94. The van der Waals surface area contributed by atoms with Crippen molar-refractivity contribution in [3.63, 3.8) is 0 Å². The van der Waals surface area contributed by atoms with Crippen LogP contribution in [-0.4, -0.2) is 31.9 Å². The fourth-order valence-corrected chi connectivity index (χ4v) is 2.94. The molecule has 0 aliphatic rings. The average molecular weight is 389 g/mol. The van der Waals surface area contributed by atoms with E-state index in [9.17, 15) is 9.59 Å². The molecular weight excluding hydrogens is 370 g/mol. The molecule has 29 heavy (non-hydrogen) atoms. The van der Waals surface area contributed by atoms with E-state index in [0.717, 1.165) is 16.0 Å². The molecule has 0 unspecified atom stereocenters. The summed E-state index contributed by atoms with van der Waals surface area (Å²) in [5.41, 5.74) is 2.11. The lowest BCUT2D eigenvalue weighted by molar-refractivity contribution is -0.117. The highest BCUT2D eigenvalue weighted by molar-refractivity contribution is 5.90. The molecule has 4 aromatic rings. The molecular formula is C21H19N5O3. The van der Waals surface area contributed by atoms with Gasteiger partial charge in [0, 0.05) is 11.3 Å². The summed E-state index contributed by atoms with van der Waals surface area (Å²) in [4.78, 5) is 25.0. The van der Waals surface area contributed by atoms with E-state index in [4.69, 9.17) is 4.74 Å². The van der Waals surface area contributed by atoms with Gasteiger partial charge in [-0.2, -0.15) is 10.2 Å². The molecule has 0 saturated heterocycles. The molecule has 8 nitrogen and oxygen atoms in total. The Balaban J connectivity index is 1.57. The Labute approximate surface area is 166 Å². The van der Waals surface area contributed by atoms with Crippen molar-refractivity contribution in [3.8, 4) is 17.0 Å². The second kappa shape index (κ2) is 7.97. The molecule has 0 radical (unpaired) electrons. The van der Waals surface area contributed by atoms with Gasteiger partial charge in [-0.05, 0) is 49.4 Å². The molecule has 0 spiro atoms. The predicted octanol–water partition coefficient (Wildman–Crippen LogP) is 2.60. The Kier molecular flexibility index (Phi) is 5.07. The minimum atomic E-state index is -0.389. The summed E-state index contributed by atoms with van der Waals surface area (Å²) in [5.74, 6) is 0.440. The molecule has 2 aromatic carbocycles. The molecule has 0 fully saturated rings. The fraction of sp³-hybridized carbons (Fsp3) is 0.143. The Morgan fingerprint density at radius 2 is 1.86 bits per heavy atom. The number of fused-ring (bicyclic) bond motifs is 1. The molecule has 0 atom stereocenters. The smallest absolute Gasteiger partial charge is 0.293 e. The van der Waals surface area contributed by atoms with Gasteiger partial charge in [0.25, 0.3) is 5.56 Å². The van der Waals surface area contributed by atoms with Crippen LogP contribution in [0.5, 0.6) is 5.75 Å². The maximum absolute atomic E-state index is 12.7. The topological polar surface area (TPSA) is 90.5 Å². The number of benzene rings is 2. The molecule has 0 bridgehead atoms. The number of carbonyl (C=O) groups excluding carboxylic acids is 1. The van der Waals surface area contributed by atoms with Crippen LogP contribution in [0.15, 0.2) is 71.8 Å². The number of anilines is 1. The van der Waals surface area contributed by atoms with Gasteiger partial charge in [-0.1, -0.05) is 18.2 Å². The first-order valence-corrected chi connectivity index (χ1v) is 9.17. The van der Waals surface area contributed by atoms with Gasteiger partial charge in [0.2, 0.25) is 5.91 Å². The Morgan fingerprint density at radius 3 is 2.59 bits per heavy atom. The van der Waals surface area contributed by atoms with Crippen LogP contribution in [0.4, 0.5) is 5.69 Å². The number of hydrogen-bond donors (Lipinski definition) is 1. The summed E-state index contributed by atoms with van der Waals surface area (Å²) in [6.45, 7) is 2.33. The van der Waals surface area contributed by atoms with Crippen molar-refractivity contribution in [3.05, 3.63) is 77.3 Å². The van der Waals surface area contributed by atoms with Gasteiger partial charge in [0.15, 0.2) is 0 Å². The molecule has 0 saturated carbocycles. The van der Waals surface area contributed by atoms with Crippen LogP contribution in [-0.2, 0) is 11.3 Å². The van der Waals surface area contributed by atoms with Crippen molar-refractivity contribution >= 4 is 17.1 Å². The van der Waals surface area contributed by atoms with Crippen molar-refractivity contribution in [1.82, 2.24) is 19.4 Å². The zero-order valence-corrected chi connectivity index (χ0v) is 15.8. The molecule has 1 N–H and O–H groups in total. The van der Waals surface area contributed by atoms with Crippen molar-refractivity contribution < 1.29 is 9.53 Å². The number of rotatable bonds is 6. The second-order valence-electron chi connectivity index (χ2n) is 6.32. The third kappa shape index (κ3) is 4.01. The van der Waals surface area contributed by atoms with Crippen LogP contribution in [0, 0.1) is 0 Å². The van der Waals surface area contributed by atoms with E-state index in [0.29, 0.717) is 23.5 Å². The summed E-state index contributed by atoms with van der Waals surface area (Å²) in [6.07, 6.45) is 1.42. The van der Waals surface area contributed by atoms with Gasteiger partial charge >= 0.3 is 0 Å². The normalized spacial score (nSPS) is 10.8. The van der Waals surface area contributed by atoms with Gasteiger partial charge in [-0.3, -0.25) is 9.59 Å². The van der Waals surface area contributed by atoms with Crippen molar-refractivity contribution in [2.75, 3.05) is 11.9 Å². The maximum Gasteiger partial charge on any atom is 0.293 e. The number of carbonyl (C=O) groups is 1. The van der Waals surface area contributed by atoms with Crippen LogP contribution in [0.25, 0.3) is 16.8 Å². The standard InChI is InChI=1S/C21H19N5O3/c1-2-29-17-10-8-15(9-11-17)18-12-19-21(28)25(22-14-26(19)24-18)13-20(27)23-16-6-4-3-5-7-16/h3-12,14H,2,13H2,1H3,(H,23,27). The first-order valence-electron chi connectivity index (χ1n) is 9.17. The Morgan fingerprint density at radius 1 is 1.10 bits per heavy atom. The average Bonchev–Trinajstić information content (AvgIpc) is 3.17. The van der Waals surface area contributed by atoms with Crippen molar-refractivity contribution in [2.24, 2.45) is 0 Å². The molecule has 0 aliphatic heterocycles. The first kappa shape index (κ1) is 18.4. The summed E-state index contributed by atoms with van der Waals surface area (Å²) >= 11 is 0.